The van der Waals surface area contributed by atoms with E-state index < -0.39 is 16.1 Å². The van der Waals surface area contributed by atoms with Gasteiger partial charge in [0.1, 0.15) is 11.9 Å². The summed E-state index contributed by atoms with van der Waals surface area (Å²) in [7, 11) is -3.57. The maximum atomic E-state index is 13.8. The lowest BCUT2D eigenvalue weighted by Crippen LogP contribution is -2.43. The van der Waals surface area contributed by atoms with Crippen LogP contribution in [0.3, 0.4) is 0 Å². The molecule has 0 aromatic heterocycles. The maximum Gasteiger partial charge on any atom is 0.247 e. The third-order valence-electron chi connectivity index (χ3n) is 6.48. The summed E-state index contributed by atoms with van der Waals surface area (Å²) in [5, 5.41) is 2.99. The van der Waals surface area contributed by atoms with Gasteiger partial charge in [0.05, 0.1) is 4.90 Å². The molecule has 0 heterocycles. The average Bonchev–Trinajstić information content (AvgIpc) is 2.93. The first-order chi connectivity index (χ1) is 19.1. The van der Waals surface area contributed by atoms with Gasteiger partial charge in [-0.05, 0) is 59.7 Å². The van der Waals surface area contributed by atoms with E-state index >= 15 is 0 Å². The molecule has 0 spiro atoms. The van der Waals surface area contributed by atoms with Gasteiger partial charge in [-0.1, -0.05) is 75.4 Å². The van der Waals surface area contributed by atoms with Gasteiger partial charge in [-0.25, -0.2) is 17.5 Å². The molecule has 0 saturated heterocycles. The van der Waals surface area contributed by atoms with E-state index in [4.69, 9.17) is 0 Å². The first-order valence-electron chi connectivity index (χ1n) is 13.6. The first kappa shape index (κ1) is 31.0. The number of carbonyl (C=O) groups is 2. The molecule has 3 rings (SSSR count). The topological polar surface area (TPSA) is 95.6 Å². The van der Waals surface area contributed by atoms with E-state index in [1.807, 2.05) is 30.3 Å². The Kier molecular flexibility index (Phi) is 11.4. The monoisotopic (exact) mass is 567 g/mol. The summed E-state index contributed by atoms with van der Waals surface area (Å²) in [6.07, 6.45) is 1.26. The maximum absolute atomic E-state index is 13.8. The van der Waals surface area contributed by atoms with Crippen LogP contribution in [0.15, 0.2) is 83.8 Å². The number of nitrogens with zero attached hydrogens (tertiary/aromatic N) is 1. The van der Waals surface area contributed by atoms with Gasteiger partial charge in [0.15, 0.2) is 0 Å². The van der Waals surface area contributed by atoms with Crippen molar-refractivity contribution in [3.63, 3.8) is 0 Å². The molecule has 0 fully saturated rings. The van der Waals surface area contributed by atoms with E-state index in [1.165, 1.54) is 29.2 Å². The fourth-order valence-electron chi connectivity index (χ4n) is 4.30. The number of halogens is 1. The van der Waals surface area contributed by atoms with E-state index in [0.29, 0.717) is 30.0 Å². The minimum absolute atomic E-state index is 0.100. The van der Waals surface area contributed by atoms with E-state index in [1.54, 1.807) is 31.2 Å². The Morgan fingerprint density at radius 1 is 0.900 bits per heavy atom. The second-order valence-corrected chi connectivity index (χ2v) is 11.8. The predicted molar refractivity (Wildman–Crippen MR) is 154 cm³/mol. The van der Waals surface area contributed by atoms with Gasteiger partial charge in [0, 0.05) is 26.1 Å². The van der Waals surface area contributed by atoms with Crippen LogP contribution in [0.5, 0.6) is 0 Å². The van der Waals surface area contributed by atoms with Crippen LogP contribution in [-0.4, -0.2) is 38.2 Å². The summed E-state index contributed by atoms with van der Waals surface area (Å²) in [5.74, 6) is -0.499. The summed E-state index contributed by atoms with van der Waals surface area (Å²) in [4.78, 5) is 29.0. The van der Waals surface area contributed by atoms with Crippen molar-refractivity contribution in [3.05, 3.63) is 101 Å². The Morgan fingerprint density at radius 2 is 1.52 bits per heavy atom. The summed E-state index contributed by atoms with van der Waals surface area (Å²) >= 11 is 0. The minimum Gasteiger partial charge on any atom is -0.354 e. The Morgan fingerprint density at radius 3 is 2.12 bits per heavy atom. The first-order valence-corrected chi connectivity index (χ1v) is 15.0. The van der Waals surface area contributed by atoms with Crippen LogP contribution in [-0.2, 0) is 32.6 Å². The molecule has 0 aliphatic rings. The van der Waals surface area contributed by atoms with Gasteiger partial charge < -0.3 is 10.2 Å². The molecule has 0 saturated carbocycles. The Bertz CT molecular complexity index is 1350. The molecule has 0 radical (unpaired) electrons. The molecule has 0 aliphatic carbocycles. The number of benzene rings is 3. The normalized spacial score (nSPS) is 12.2. The summed E-state index contributed by atoms with van der Waals surface area (Å²) in [5.41, 5.74) is 2.17. The number of aryl methyl sites for hydroxylation is 1. The second kappa shape index (κ2) is 14.7. The molecule has 7 nitrogen and oxygen atoms in total. The molecular formula is C31H38FN3O4S. The highest BCUT2D eigenvalue weighted by molar-refractivity contribution is 7.89. The van der Waals surface area contributed by atoms with Crippen LogP contribution in [0.2, 0.25) is 0 Å². The van der Waals surface area contributed by atoms with Gasteiger partial charge in [-0.2, -0.15) is 0 Å². The lowest BCUT2D eigenvalue weighted by Gasteiger charge is -2.32. The van der Waals surface area contributed by atoms with Crippen molar-refractivity contribution < 1.29 is 22.4 Å². The van der Waals surface area contributed by atoms with E-state index in [-0.39, 0.29) is 42.0 Å². The molecular weight excluding hydrogens is 529 g/mol. The number of nitrogens with one attached hydrogen (secondary N) is 2. The summed E-state index contributed by atoms with van der Waals surface area (Å²) in [6, 6.07) is 20.6. The molecule has 1 atom stereocenters. The average molecular weight is 568 g/mol. The molecule has 40 heavy (non-hydrogen) atoms. The molecule has 3 aromatic rings. The van der Waals surface area contributed by atoms with Gasteiger partial charge in [0.2, 0.25) is 21.8 Å². The van der Waals surface area contributed by atoms with Crippen LogP contribution in [0, 0.1) is 11.7 Å². The van der Waals surface area contributed by atoms with Crippen LogP contribution >= 0.6 is 0 Å². The third-order valence-corrected chi connectivity index (χ3v) is 8.04. The molecule has 3 aromatic carbocycles. The predicted octanol–water partition coefficient (Wildman–Crippen LogP) is 4.99. The number of hydrogen-bond acceptors (Lipinski definition) is 4. The smallest absolute Gasteiger partial charge is 0.247 e. The fraction of sp³-hybridized carbons (Fsp3) is 0.355. The number of amides is 2. The summed E-state index contributed by atoms with van der Waals surface area (Å²) in [6.45, 7) is 6.76. The van der Waals surface area contributed by atoms with Crippen molar-refractivity contribution in [1.29, 1.82) is 0 Å². The standard InChI is InChI=1S/C31H38FN3O4S/c1-4-34-40(38,39)28-17-12-24(13-18-28)14-19-29(36)35(22-25-10-15-27(32)16-11-25)30(26-8-6-5-7-9-26)31(37)33-21-20-23(2)3/h5-13,15-18,23,30,34H,4,14,19-22H2,1-3H3,(H,33,37)/t30-/m1/s1. The summed E-state index contributed by atoms with van der Waals surface area (Å²) < 4.78 is 40.6. The Balaban J connectivity index is 1.87. The van der Waals surface area contributed by atoms with Gasteiger partial charge >= 0.3 is 0 Å². The van der Waals surface area contributed by atoms with Crippen molar-refractivity contribution in [3.8, 4) is 0 Å². The molecule has 214 valence electrons. The van der Waals surface area contributed by atoms with Gasteiger partial charge in [-0.15, -0.1) is 0 Å². The fourth-order valence-corrected chi connectivity index (χ4v) is 5.34. The van der Waals surface area contributed by atoms with Crippen molar-refractivity contribution in [2.75, 3.05) is 13.1 Å². The van der Waals surface area contributed by atoms with Gasteiger partial charge in [0.25, 0.3) is 0 Å². The zero-order valence-corrected chi connectivity index (χ0v) is 24.1. The zero-order chi connectivity index (χ0) is 29.1. The molecule has 9 heteroatoms. The SMILES string of the molecule is CCNS(=O)(=O)c1ccc(CCC(=O)N(Cc2ccc(F)cc2)[C@@H](C(=O)NCCC(C)C)c2ccccc2)cc1. The van der Waals surface area contributed by atoms with Crippen molar-refractivity contribution in [2.24, 2.45) is 5.92 Å². The van der Waals surface area contributed by atoms with E-state index in [2.05, 4.69) is 23.9 Å². The van der Waals surface area contributed by atoms with E-state index in [0.717, 1.165) is 12.0 Å². The third kappa shape index (κ3) is 8.99. The molecule has 2 amide bonds. The van der Waals surface area contributed by atoms with Crippen molar-refractivity contribution >= 4 is 21.8 Å². The number of hydrogen-bond donors (Lipinski definition) is 2. The highest BCUT2D eigenvalue weighted by atomic mass is 32.2. The quantitative estimate of drug-likeness (QED) is 0.287. The Labute approximate surface area is 236 Å². The minimum atomic E-state index is -3.57. The molecule has 0 aliphatic heterocycles. The molecule has 2 N–H and O–H groups in total. The number of sulfonamides is 1. The Hall–Kier alpha value is -3.56. The molecule has 0 unspecified atom stereocenters. The van der Waals surface area contributed by atoms with Crippen LogP contribution in [0.1, 0.15) is 56.3 Å². The zero-order valence-electron chi connectivity index (χ0n) is 23.3. The number of carbonyl (C=O) groups excluding carboxylic acids is 2. The highest BCUT2D eigenvalue weighted by Gasteiger charge is 2.31. The molecule has 0 bridgehead atoms. The lowest BCUT2D eigenvalue weighted by molar-refractivity contribution is -0.141. The largest absolute Gasteiger partial charge is 0.354 e. The lowest BCUT2D eigenvalue weighted by atomic mass is 10.0. The van der Waals surface area contributed by atoms with E-state index in [9.17, 15) is 22.4 Å². The van der Waals surface area contributed by atoms with Crippen molar-refractivity contribution in [1.82, 2.24) is 14.9 Å². The second-order valence-electron chi connectivity index (χ2n) is 10.1. The number of rotatable bonds is 14. The highest BCUT2D eigenvalue weighted by Crippen LogP contribution is 2.25. The van der Waals surface area contributed by atoms with Crippen LogP contribution in [0.25, 0.3) is 0 Å². The van der Waals surface area contributed by atoms with Gasteiger partial charge in [-0.3, -0.25) is 9.59 Å². The van der Waals surface area contributed by atoms with Crippen LogP contribution in [0.4, 0.5) is 4.39 Å². The van der Waals surface area contributed by atoms with Crippen molar-refractivity contribution in [2.45, 2.75) is 57.5 Å². The van der Waals surface area contributed by atoms with Crippen LogP contribution < -0.4 is 10.0 Å².